The highest BCUT2D eigenvalue weighted by Crippen LogP contribution is 2.65. The molecule has 0 aromatic carbocycles. The predicted octanol–water partition coefficient (Wildman–Crippen LogP) is 16.5. The highest BCUT2D eigenvalue weighted by Gasteiger charge is 2.93. The first-order valence-corrected chi connectivity index (χ1v) is 19.6. The first kappa shape index (κ1) is 66.8. The summed E-state index contributed by atoms with van der Waals surface area (Å²) in [5.74, 6) is -128. The molecule has 0 amide bonds. The van der Waals surface area contributed by atoms with E-state index in [4.69, 9.17) is 5.53 Å². The minimum absolute atomic E-state index is 1.64. The van der Waals surface area contributed by atoms with Crippen molar-refractivity contribution in [1.82, 2.24) is 0 Å². The number of azide groups is 1. The van der Waals surface area contributed by atoms with Gasteiger partial charge in [0.25, 0.3) is 0 Å². The summed E-state index contributed by atoms with van der Waals surface area (Å²) in [6, 6.07) is -12.1. The zero-order chi connectivity index (χ0) is 57.3. The summed E-state index contributed by atoms with van der Waals surface area (Å²) < 4.78 is 535. The molecule has 418 valence electrons. The molecule has 3 nitrogen and oxygen atoms in total. The summed E-state index contributed by atoms with van der Waals surface area (Å²) in [5.41, 5.74) is 8.30. The van der Waals surface area contributed by atoms with Gasteiger partial charge in [-0.25, -0.2) is 0 Å². The van der Waals surface area contributed by atoms with E-state index in [9.17, 15) is 171 Å². The van der Waals surface area contributed by atoms with E-state index in [1.165, 1.54) is 0 Å². The lowest BCUT2D eigenvalue weighted by Gasteiger charge is -2.43. The van der Waals surface area contributed by atoms with E-state index >= 15 is 0 Å². The van der Waals surface area contributed by atoms with Crippen LogP contribution in [0.4, 0.5) is 171 Å². The van der Waals surface area contributed by atoms with Gasteiger partial charge in [0, 0.05) is 30.7 Å². The Morgan fingerprint density at radius 1 is 0.271 bits per heavy atom. The average molecular weight is 1150 g/mol. The maximum atomic E-state index is 14.8. The topological polar surface area (TPSA) is 48.8 Å². The summed E-state index contributed by atoms with van der Waals surface area (Å²) in [7, 11) is -6.83. The van der Waals surface area contributed by atoms with Gasteiger partial charge in [0.15, 0.2) is 0 Å². The molecule has 0 aromatic rings. The lowest BCUT2D eigenvalue weighted by Crippen LogP contribution is -2.70. The van der Waals surface area contributed by atoms with Gasteiger partial charge in [-0.1, -0.05) is 35.7 Å². The van der Waals surface area contributed by atoms with Crippen molar-refractivity contribution in [2.75, 3.05) is 6.54 Å². The molecule has 0 aliphatic heterocycles. The molecule has 0 N–H and O–H groups in total. The Balaban J connectivity index is 8.29. The van der Waals surface area contributed by atoms with Crippen LogP contribution in [0.1, 0.15) is 25.7 Å². The van der Waals surface area contributed by atoms with E-state index in [0.29, 0.717) is 0 Å². The molecule has 0 bridgehead atoms. The predicted molar refractivity (Wildman–Crippen MR) is 150 cm³/mol. The molecule has 0 atom stereocenters. The fourth-order valence-electron chi connectivity index (χ4n) is 5.46. The van der Waals surface area contributed by atoms with Gasteiger partial charge in [0.2, 0.25) is 0 Å². The molecule has 0 heterocycles. The zero-order valence-electron chi connectivity index (χ0n) is 31.9. The average Bonchev–Trinajstić information content (AvgIpc) is 3.14. The van der Waals surface area contributed by atoms with Crippen LogP contribution in [0.25, 0.3) is 10.4 Å². The van der Waals surface area contributed by atoms with E-state index in [2.05, 4.69) is 5.11 Å². The smallest absolute Gasteiger partial charge is 0.200 e. The van der Waals surface area contributed by atoms with Crippen molar-refractivity contribution in [3.05, 3.63) is 10.4 Å². The fourth-order valence-corrected chi connectivity index (χ4v) is 10.4. The first-order chi connectivity index (χ1) is 29.9. The van der Waals surface area contributed by atoms with Gasteiger partial charge in [-0.2, -0.15) is 171 Å². The molecular weight excluding hydrogens is 1140 g/mol. The molecule has 0 saturated heterocycles. The van der Waals surface area contributed by atoms with Crippen molar-refractivity contribution in [2.45, 2.75) is 157 Å². The minimum atomic E-state index is -8.89. The van der Waals surface area contributed by atoms with Gasteiger partial charge in [-0.3, -0.25) is 0 Å². The monoisotopic (exact) mass is 1150 g/mol. The molecule has 0 aliphatic carbocycles. The maximum absolute atomic E-state index is 14.8. The fraction of sp³-hybridized carbons (Fsp3) is 1.00. The molecule has 43 heteroatoms. The highest BCUT2D eigenvalue weighted by atomic mass is 28.3. The number of halogens is 39. The maximum Gasteiger partial charge on any atom is 0.460 e. The van der Waals surface area contributed by atoms with E-state index in [1.807, 2.05) is 0 Å². The van der Waals surface area contributed by atoms with Gasteiger partial charge < -0.3 is 0 Å². The molecular formula is C27H18F39N3Si. The van der Waals surface area contributed by atoms with Crippen LogP contribution in [0.2, 0.25) is 24.2 Å². The van der Waals surface area contributed by atoms with Crippen LogP contribution in [0, 0.1) is 0 Å². The Hall–Kier alpha value is -3.20. The lowest BCUT2D eigenvalue weighted by atomic mass is 9.93. The second kappa shape index (κ2) is 18.6. The van der Waals surface area contributed by atoms with Crippen LogP contribution in [-0.4, -0.2) is 122 Å². The van der Waals surface area contributed by atoms with Crippen LogP contribution in [0.3, 0.4) is 0 Å². The minimum Gasteiger partial charge on any atom is -0.200 e. The first-order valence-electron chi connectivity index (χ1n) is 16.8. The molecule has 0 spiro atoms. The summed E-state index contributed by atoms with van der Waals surface area (Å²) >= 11 is 0. The molecule has 0 aromatic heterocycles. The van der Waals surface area contributed by atoms with Crippen LogP contribution in [0.15, 0.2) is 5.11 Å². The Morgan fingerprint density at radius 2 is 0.457 bits per heavy atom. The SMILES string of the molecule is [N-]=[N+]=NCCC[Si](CCC(F)(F)C(F)(F)C(F)(F)C(F)(F)C(F)(F)C(F)(F)F)(CCC(F)(F)C(F)(F)C(F)(F)C(F)(F)C(F)(F)C(F)(F)F)CCC(F)(F)C(F)(F)C(F)(F)C(F)(F)C(F)(F)C(F)(F)F. The van der Waals surface area contributed by atoms with Gasteiger partial charge in [-0.15, -0.1) is 0 Å². The summed E-state index contributed by atoms with van der Waals surface area (Å²) in [5, 5.41) is 2.39. The number of nitrogens with zero attached hydrogens (tertiary/aromatic N) is 3. The third kappa shape index (κ3) is 10.3. The summed E-state index contributed by atoms with van der Waals surface area (Å²) in [4.78, 5) is 1.76. The van der Waals surface area contributed by atoms with Crippen molar-refractivity contribution in [3.8, 4) is 0 Å². The number of hydrogen-bond acceptors (Lipinski definition) is 1. The van der Waals surface area contributed by atoms with Crippen LogP contribution in [-0.2, 0) is 0 Å². The third-order valence-electron chi connectivity index (χ3n) is 9.93. The second-order valence-electron chi connectivity index (χ2n) is 14.6. The number of hydrogen-bond donors (Lipinski definition) is 0. The Kier molecular flexibility index (Phi) is 17.8. The molecule has 0 unspecified atom stereocenters. The van der Waals surface area contributed by atoms with Crippen molar-refractivity contribution in [1.29, 1.82) is 0 Å². The van der Waals surface area contributed by atoms with Gasteiger partial charge >= 0.3 is 107 Å². The molecule has 70 heavy (non-hydrogen) atoms. The van der Waals surface area contributed by atoms with E-state index in [0.717, 1.165) is 0 Å². The Morgan fingerprint density at radius 3 is 0.629 bits per heavy atom. The normalized spacial score (nSPS) is 16.4. The Bertz CT molecular complexity index is 1640. The molecule has 0 radical (unpaired) electrons. The second-order valence-corrected chi connectivity index (χ2v) is 19.6. The van der Waals surface area contributed by atoms with E-state index < -0.39 is 172 Å². The van der Waals surface area contributed by atoms with Crippen LogP contribution >= 0.6 is 0 Å². The summed E-state index contributed by atoms with van der Waals surface area (Å²) in [6.07, 6.45) is -38.4. The van der Waals surface area contributed by atoms with E-state index in [-0.39, 0.29) is 0 Å². The largest absolute Gasteiger partial charge is 0.460 e. The van der Waals surface area contributed by atoms with Crippen LogP contribution < -0.4 is 0 Å². The number of rotatable bonds is 25. The molecule has 0 aliphatic rings. The molecule has 0 saturated carbocycles. The Labute approximate surface area is 359 Å². The summed E-state index contributed by atoms with van der Waals surface area (Å²) in [6.45, 7) is -1.64. The molecule has 0 fully saturated rings. The van der Waals surface area contributed by atoms with Gasteiger partial charge in [0.05, 0.1) is 8.07 Å². The molecule has 0 rings (SSSR count). The number of alkyl halides is 39. The standard InChI is InChI=1S/C27H18F39N3Si/c28-10(29,13(34,35)16(40,41)19(46,47)22(52,53)25(58,59)60)2-7-70(6-1-5-68-69-67,8-3-11(30,31)14(36,37)17(42,43)20(48,49)23(54,55)26(61,62)63)9-4-12(32,33)15(38,39)18(44,45)21(50,51)24(56,57)27(64,65)66/h1-9H2. The van der Waals surface area contributed by atoms with Crippen molar-refractivity contribution < 1.29 is 171 Å². The quantitative estimate of drug-likeness (QED) is 0.0218. The lowest BCUT2D eigenvalue weighted by molar-refractivity contribution is -0.440. The van der Waals surface area contributed by atoms with Gasteiger partial charge in [-0.05, 0) is 5.53 Å². The van der Waals surface area contributed by atoms with Crippen molar-refractivity contribution >= 4 is 8.07 Å². The van der Waals surface area contributed by atoms with Crippen LogP contribution in [0.5, 0.6) is 0 Å². The van der Waals surface area contributed by atoms with E-state index in [1.54, 1.807) is 4.91 Å². The van der Waals surface area contributed by atoms with Crippen molar-refractivity contribution in [2.24, 2.45) is 5.11 Å². The highest BCUT2D eigenvalue weighted by molar-refractivity contribution is 6.79. The van der Waals surface area contributed by atoms with Gasteiger partial charge in [0.1, 0.15) is 0 Å². The zero-order valence-corrected chi connectivity index (χ0v) is 32.9. The third-order valence-corrected chi connectivity index (χ3v) is 15.3. The van der Waals surface area contributed by atoms with Crippen molar-refractivity contribution in [3.63, 3.8) is 0 Å².